The van der Waals surface area contributed by atoms with Crippen LogP contribution in [0.5, 0.6) is 0 Å². The molecule has 1 atom stereocenters. The molecule has 0 saturated carbocycles. The number of hydrogen-bond acceptors (Lipinski definition) is 4. The Balaban J connectivity index is 1.90. The predicted molar refractivity (Wildman–Crippen MR) is 119 cm³/mol. The Morgan fingerprint density at radius 3 is 2.17 bits per heavy atom. The van der Waals surface area contributed by atoms with Crippen molar-refractivity contribution in [3.63, 3.8) is 0 Å². The van der Waals surface area contributed by atoms with Gasteiger partial charge in [0.15, 0.2) is 0 Å². The first-order valence-corrected chi connectivity index (χ1v) is 11.4. The average Bonchev–Trinajstić information content (AvgIpc) is 3.31. The zero-order valence-electron chi connectivity index (χ0n) is 20.8. The van der Waals surface area contributed by atoms with Crippen LogP contribution in [0.1, 0.15) is 51.0 Å². The lowest BCUT2D eigenvalue weighted by molar-refractivity contribution is -0.277. The molecule has 1 heterocycles. The topological polar surface area (TPSA) is 79.8 Å². The van der Waals surface area contributed by atoms with Gasteiger partial charge in [0, 0.05) is 11.1 Å². The van der Waals surface area contributed by atoms with E-state index in [-0.39, 0.29) is 28.8 Å². The third kappa shape index (κ3) is 6.89. The number of amides is 2. The van der Waals surface area contributed by atoms with Crippen LogP contribution in [0.4, 0.5) is 52.7 Å². The smallest absolute Gasteiger partial charge is 0.374 e. The van der Waals surface area contributed by atoms with Crippen molar-refractivity contribution in [3.05, 3.63) is 69.5 Å². The highest BCUT2D eigenvalue weighted by atomic mass is 19.4. The van der Waals surface area contributed by atoms with Gasteiger partial charge < -0.3 is 15.5 Å². The van der Waals surface area contributed by atoms with Crippen molar-refractivity contribution in [1.82, 2.24) is 10.6 Å². The van der Waals surface area contributed by atoms with Gasteiger partial charge in [-0.05, 0) is 42.3 Å². The van der Waals surface area contributed by atoms with Gasteiger partial charge in [0.25, 0.3) is 17.9 Å². The molecule has 2 aromatic rings. The first-order valence-electron chi connectivity index (χ1n) is 11.4. The highest BCUT2D eigenvalue weighted by molar-refractivity contribution is 6.04. The lowest BCUT2D eigenvalue weighted by Gasteiger charge is -2.31. The van der Waals surface area contributed by atoms with Gasteiger partial charge in [-0.3, -0.25) is 9.59 Å². The van der Waals surface area contributed by atoms with Crippen LogP contribution in [0.2, 0.25) is 0 Å². The fraction of sp³-hybridized carbons (Fsp3) is 0.375. The van der Waals surface area contributed by atoms with E-state index in [0.717, 1.165) is 18.2 Å². The Bertz CT molecular complexity index is 1400. The van der Waals surface area contributed by atoms with E-state index in [1.165, 1.54) is 12.2 Å². The highest BCUT2D eigenvalue weighted by Crippen LogP contribution is 2.51. The predicted octanol–water partition coefficient (Wildman–Crippen LogP) is 6.08. The van der Waals surface area contributed by atoms with E-state index in [1.807, 2.05) is 5.32 Å². The monoisotopic (exact) mass is 623 g/mol. The summed E-state index contributed by atoms with van der Waals surface area (Å²) in [6.45, 7) is -1.22. The average molecular weight is 623 g/mol. The van der Waals surface area contributed by atoms with Crippen LogP contribution in [0.3, 0.4) is 0 Å². The quantitative estimate of drug-likeness (QED) is 0.367. The summed E-state index contributed by atoms with van der Waals surface area (Å²) in [5, 5.41) is 6.80. The molecular formula is C24H17F12N3O3. The second kappa shape index (κ2) is 11.4. The molecule has 42 heavy (non-hydrogen) atoms. The molecule has 6 nitrogen and oxygen atoms in total. The largest absolute Gasteiger partial charge is 0.435 e. The summed E-state index contributed by atoms with van der Waals surface area (Å²) >= 11 is 0. The SMILES string of the molecule is Cc1cc(C2=NO[C@@](c3cc(C(F)(F)F)cc(C(F)F)c3F)(C(F)(F)F)C2)ccc1C(=O)NCC(=O)NCC(F)(F)F. The van der Waals surface area contributed by atoms with Gasteiger partial charge in [0.1, 0.15) is 12.4 Å². The van der Waals surface area contributed by atoms with Crippen LogP contribution in [0, 0.1) is 12.7 Å². The highest BCUT2D eigenvalue weighted by Gasteiger charge is 2.64. The van der Waals surface area contributed by atoms with E-state index in [2.05, 4.69) is 9.99 Å². The van der Waals surface area contributed by atoms with Gasteiger partial charge in [0.05, 0.1) is 29.8 Å². The maximum atomic E-state index is 14.9. The molecule has 0 spiro atoms. The Labute approximate surface area is 227 Å². The molecule has 0 radical (unpaired) electrons. The molecule has 2 N–H and O–H groups in total. The third-order valence-electron chi connectivity index (χ3n) is 5.98. The summed E-state index contributed by atoms with van der Waals surface area (Å²) in [6.07, 6.45) is -21.1. The Morgan fingerprint density at radius 2 is 1.64 bits per heavy atom. The normalized spacial score (nSPS) is 17.6. The van der Waals surface area contributed by atoms with Crippen LogP contribution >= 0.6 is 0 Å². The molecule has 0 fully saturated rings. The minimum absolute atomic E-state index is 0.0399. The number of carbonyl (C=O) groups excluding carboxylic acids is 2. The van der Waals surface area contributed by atoms with E-state index in [4.69, 9.17) is 0 Å². The summed E-state index contributed by atoms with van der Waals surface area (Å²) in [7, 11) is 0. The van der Waals surface area contributed by atoms with E-state index in [1.54, 1.807) is 0 Å². The van der Waals surface area contributed by atoms with Crippen molar-refractivity contribution < 1.29 is 67.1 Å². The summed E-state index contributed by atoms with van der Waals surface area (Å²) in [4.78, 5) is 28.3. The molecule has 0 aliphatic carbocycles. The first-order chi connectivity index (χ1) is 19.2. The molecule has 2 amide bonds. The lowest BCUT2D eigenvalue weighted by Crippen LogP contribution is -2.44. The maximum Gasteiger partial charge on any atom is 0.435 e. The van der Waals surface area contributed by atoms with E-state index in [9.17, 15) is 62.3 Å². The second-order valence-corrected chi connectivity index (χ2v) is 8.96. The summed E-state index contributed by atoms with van der Waals surface area (Å²) in [5.74, 6) is -4.40. The van der Waals surface area contributed by atoms with E-state index in [0.29, 0.717) is 0 Å². The Kier molecular flexibility index (Phi) is 8.79. The summed E-state index contributed by atoms with van der Waals surface area (Å²) in [6, 6.07) is 2.55. The first kappa shape index (κ1) is 32.5. The minimum Gasteiger partial charge on any atom is -0.374 e. The van der Waals surface area contributed by atoms with E-state index < -0.39 is 90.1 Å². The Hall–Kier alpha value is -3.99. The van der Waals surface area contributed by atoms with Crippen molar-refractivity contribution >= 4 is 17.5 Å². The molecule has 3 rings (SSSR count). The number of aryl methyl sites for hydroxylation is 1. The fourth-order valence-corrected chi connectivity index (χ4v) is 3.92. The number of nitrogens with zero attached hydrogens (tertiary/aromatic N) is 1. The lowest BCUT2D eigenvalue weighted by atomic mass is 9.84. The molecule has 0 unspecified atom stereocenters. The standard InChI is InChI=1S/C24H17F12N3O3/c1-10-4-11(2-3-13(10)20(41)37-8-17(40)38-9-22(28,29)30)16-7-21(42-39-16,24(34,35)36)15-6-12(23(31,32)33)5-14(18(15)25)19(26)27/h2-6,19H,7-9H2,1H3,(H,37,41)(H,38,40)/t21-/m0/s1. The zero-order chi connectivity index (χ0) is 31.8. The van der Waals surface area contributed by atoms with Crippen LogP contribution in [-0.2, 0) is 21.4 Å². The van der Waals surface area contributed by atoms with Crippen LogP contribution < -0.4 is 10.6 Å². The van der Waals surface area contributed by atoms with Gasteiger partial charge >= 0.3 is 18.5 Å². The number of alkyl halides is 11. The van der Waals surface area contributed by atoms with Gasteiger partial charge in [0.2, 0.25) is 5.91 Å². The van der Waals surface area contributed by atoms with Crippen LogP contribution in [-0.4, -0.2) is 43.0 Å². The van der Waals surface area contributed by atoms with E-state index >= 15 is 0 Å². The van der Waals surface area contributed by atoms with Gasteiger partial charge in [-0.15, -0.1) is 0 Å². The van der Waals surface area contributed by atoms with Gasteiger partial charge in [-0.2, -0.15) is 39.5 Å². The second-order valence-electron chi connectivity index (χ2n) is 8.96. The molecular weight excluding hydrogens is 606 g/mol. The fourth-order valence-electron chi connectivity index (χ4n) is 3.92. The van der Waals surface area contributed by atoms with Gasteiger partial charge in [-0.1, -0.05) is 11.2 Å². The summed E-state index contributed by atoms with van der Waals surface area (Å²) in [5.41, 5.74) is -10.6. The number of carbonyl (C=O) groups is 2. The maximum absolute atomic E-state index is 14.9. The molecule has 2 aromatic carbocycles. The number of hydrogen-bond donors (Lipinski definition) is 2. The molecule has 1 aliphatic heterocycles. The van der Waals surface area contributed by atoms with Crippen molar-refractivity contribution in [1.29, 1.82) is 0 Å². The molecule has 0 aromatic heterocycles. The molecule has 230 valence electrons. The molecule has 18 heteroatoms. The van der Waals surface area contributed by atoms with Crippen molar-refractivity contribution in [2.24, 2.45) is 5.16 Å². The number of benzene rings is 2. The number of halogens is 12. The van der Waals surface area contributed by atoms with Crippen molar-refractivity contribution in [2.75, 3.05) is 13.1 Å². The molecule has 0 saturated heterocycles. The van der Waals surface area contributed by atoms with Crippen LogP contribution in [0.15, 0.2) is 35.5 Å². The number of oxime groups is 1. The van der Waals surface area contributed by atoms with Crippen LogP contribution in [0.25, 0.3) is 0 Å². The molecule has 1 aliphatic rings. The number of nitrogens with one attached hydrogen (secondary N) is 2. The Morgan fingerprint density at radius 1 is 1.00 bits per heavy atom. The molecule has 0 bridgehead atoms. The zero-order valence-corrected chi connectivity index (χ0v) is 20.8. The summed E-state index contributed by atoms with van der Waals surface area (Å²) < 4.78 is 161. The van der Waals surface area contributed by atoms with Gasteiger partial charge in [-0.25, -0.2) is 13.2 Å². The van der Waals surface area contributed by atoms with Crippen molar-refractivity contribution in [3.8, 4) is 0 Å². The number of rotatable bonds is 7. The third-order valence-corrected chi connectivity index (χ3v) is 5.98. The minimum atomic E-state index is -5.66. The van der Waals surface area contributed by atoms with Crippen molar-refractivity contribution in [2.45, 2.75) is 43.9 Å².